The fourth-order valence-corrected chi connectivity index (χ4v) is 1.81. The van der Waals surface area contributed by atoms with Crippen LogP contribution in [0.1, 0.15) is 0 Å². The summed E-state index contributed by atoms with van der Waals surface area (Å²) in [5, 5.41) is 0.620. The number of nitrogens with one attached hydrogen (secondary N) is 1. The van der Waals surface area contributed by atoms with Gasteiger partial charge in [-0.2, -0.15) is 15.0 Å². The van der Waals surface area contributed by atoms with Crippen molar-refractivity contribution in [1.82, 2.24) is 24.9 Å². The first-order chi connectivity index (χ1) is 7.63. The molecule has 3 N–H and O–H groups in total. The quantitative estimate of drug-likeness (QED) is 0.746. The molecular formula is C7H5ClN6OS. The summed E-state index contributed by atoms with van der Waals surface area (Å²) in [6, 6.07) is 1.30. The van der Waals surface area contributed by atoms with E-state index in [9.17, 15) is 4.79 Å². The predicted molar refractivity (Wildman–Crippen MR) is 58.2 cm³/mol. The highest BCUT2D eigenvalue weighted by molar-refractivity contribution is 7.99. The largest absolute Gasteiger partial charge is 0.368 e. The summed E-state index contributed by atoms with van der Waals surface area (Å²) >= 11 is 6.64. The second kappa shape index (κ2) is 4.45. The summed E-state index contributed by atoms with van der Waals surface area (Å²) in [6.45, 7) is 0. The maximum Gasteiger partial charge on any atom is 0.251 e. The monoisotopic (exact) mass is 256 g/mol. The van der Waals surface area contributed by atoms with Crippen LogP contribution in [0.15, 0.2) is 27.4 Å². The molecule has 0 aromatic carbocycles. The van der Waals surface area contributed by atoms with Crippen molar-refractivity contribution in [3.05, 3.63) is 27.9 Å². The molecular weight excluding hydrogens is 252 g/mol. The van der Waals surface area contributed by atoms with Gasteiger partial charge in [0.25, 0.3) is 5.56 Å². The van der Waals surface area contributed by atoms with Gasteiger partial charge in [-0.1, -0.05) is 0 Å². The average Bonchev–Trinajstić information content (AvgIpc) is 2.15. The van der Waals surface area contributed by atoms with Crippen LogP contribution < -0.4 is 11.3 Å². The topological polar surface area (TPSA) is 110 Å². The summed E-state index contributed by atoms with van der Waals surface area (Å²) in [6.07, 6.45) is 1.38. The van der Waals surface area contributed by atoms with E-state index in [0.29, 0.717) is 5.16 Å². The van der Waals surface area contributed by atoms with Crippen molar-refractivity contribution in [2.24, 2.45) is 0 Å². The highest BCUT2D eigenvalue weighted by Crippen LogP contribution is 2.20. The number of aromatic amines is 1. The lowest BCUT2D eigenvalue weighted by molar-refractivity contribution is 0.890. The molecule has 0 bridgehead atoms. The molecule has 0 aliphatic heterocycles. The predicted octanol–water partition coefficient (Wildman–Crippen LogP) is 0.342. The van der Waals surface area contributed by atoms with E-state index in [0.717, 1.165) is 11.8 Å². The standard InChI is InChI=1S/C7H5ClN6OS/c8-4-12-5(9)14-7(13-4)16-6-10-2-1-3(15)11-6/h1-2H,(H,10,11,15)(H2,9,12,13,14). The Hall–Kier alpha value is -1.67. The van der Waals surface area contributed by atoms with E-state index in [4.69, 9.17) is 17.3 Å². The van der Waals surface area contributed by atoms with Crippen LogP contribution >= 0.6 is 23.4 Å². The maximum absolute atomic E-state index is 11.0. The number of nitrogen functional groups attached to an aromatic ring is 1. The van der Waals surface area contributed by atoms with E-state index >= 15 is 0 Å². The van der Waals surface area contributed by atoms with E-state index in [1.54, 1.807) is 0 Å². The van der Waals surface area contributed by atoms with Gasteiger partial charge in [-0.25, -0.2) is 4.98 Å². The van der Waals surface area contributed by atoms with Gasteiger partial charge in [-0.15, -0.1) is 0 Å². The molecule has 16 heavy (non-hydrogen) atoms. The lowest BCUT2D eigenvalue weighted by atomic mass is 10.7. The Morgan fingerprint density at radius 3 is 2.88 bits per heavy atom. The van der Waals surface area contributed by atoms with E-state index in [-0.39, 0.29) is 21.9 Å². The van der Waals surface area contributed by atoms with Crippen LogP contribution in [0, 0.1) is 0 Å². The molecule has 0 atom stereocenters. The number of nitrogens with zero attached hydrogens (tertiary/aromatic N) is 4. The molecule has 0 unspecified atom stereocenters. The summed E-state index contributed by atoms with van der Waals surface area (Å²) in [5.41, 5.74) is 5.13. The van der Waals surface area contributed by atoms with Crippen molar-refractivity contribution in [2.75, 3.05) is 5.73 Å². The first-order valence-corrected chi connectivity index (χ1v) is 5.23. The number of H-pyrrole nitrogens is 1. The maximum atomic E-state index is 11.0. The molecule has 0 saturated carbocycles. The fraction of sp³-hybridized carbons (Fsp3) is 0. The van der Waals surface area contributed by atoms with Gasteiger partial charge in [0.1, 0.15) is 0 Å². The Balaban J connectivity index is 2.30. The zero-order valence-corrected chi connectivity index (χ0v) is 9.29. The number of rotatable bonds is 2. The number of hydrogen-bond donors (Lipinski definition) is 2. The van der Waals surface area contributed by atoms with Crippen LogP contribution in [0.2, 0.25) is 5.28 Å². The minimum atomic E-state index is -0.259. The molecule has 0 aliphatic rings. The zero-order valence-electron chi connectivity index (χ0n) is 7.72. The van der Waals surface area contributed by atoms with Gasteiger partial charge in [0.2, 0.25) is 16.4 Å². The molecule has 0 radical (unpaired) electrons. The minimum absolute atomic E-state index is 0.00622. The molecule has 2 aromatic rings. The van der Waals surface area contributed by atoms with Crippen molar-refractivity contribution < 1.29 is 0 Å². The van der Waals surface area contributed by atoms with Gasteiger partial charge < -0.3 is 10.7 Å². The summed E-state index contributed by atoms with van der Waals surface area (Å²) < 4.78 is 0. The number of hydrogen-bond acceptors (Lipinski definition) is 7. The summed E-state index contributed by atoms with van der Waals surface area (Å²) in [7, 11) is 0. The molecule has 0 aliphatic carbocycles. The fourth-order valence-electron chi connectivity index (χ4n) is 0.882. The van der Waals surface area contributed by atoms with Crippen LogP contribution in [0.4, 0.5) is 5.95 Å². The Bertz CT molecular complexity index is 553. The van der Waals surface area contributed by atoms with Crippen molar-refractivity contribution in [3.8, 4) is 0 Å². The number of halogens is 1. The Morgan fingerprint density at radius 2 is 2.19 bits per heavy atom. The lowest BCUT2D eigenvalue weighted by Gasteiger charge is -1.99. The third-order valence-corrected chi connectivity index (χ3v) is 2.38. The van der Waals surface area contributed by atoms with Gasteiger partial charge >= 0.3 is 0 Å². The molecule has 9 heteroatoms. The third kappa shape index (κ3) is 2.67. The Kier molecular flexibility index (Phi) is 3.02. The van der Waals surface area contributed by atoms with Crippen LogP contribution in [-0.4, -0.2) is 24.9 Å². The average molecular weight is 257 g/mol. The van der Waals surface area contributed by atoms with Crippen LogP contribution in [-0.2, 0) is 0 Å². The van der Waals surface area contributed by atoms with E-state index in [1.807, 2.05) is 0 Å². The van der Waals surface area contributed by atoms with E-state index < -0.39 is 0 Å². The number of anilines is 1. The van der Waals surface area contributed by atoms with Gasteiger partial charge in [0.15, 0.2) is 5.16 Å². The van der Waals surface area contributed by atoms with E-state index in [1.165, 1.54) is 12.3 Å². The second-order valence-electron chi connectivity index (χ2n) is 2.59. The third-order valence-electron chi connectivity index (χ3n) is 1.44. The summed E-state index contributed by atoms with van der Waals surface area (Å²) in [4.78, 5) is 28.7. The van der Waals surface area contributed by atoms with Crippen molar-refractivity contribution in [1.29, 1.82) is 0 Å². The number of aromatic nitrogens is 5. The molecule has 2 rings (SSSR count). The first-order valence-electron chi connectivity index (χ1n) is 4.04. The first kappa shape index (κ1) is 10.8. The molecule has 0 spiro atoms. The molecule has 7 nitrogen and oxygen atoms in total. The molecule has 2 heterocycles. The van der Waals surface area contributed by atoms with Gasteiger partial charge in [-0.3, -0.25) is 4.79 Å². The Labute approximate surface area is 98.5 Å². The molecule has 0 saturated heterocycles. The van der Waals surface area contributed by atoms with Crippen molar-refractivity contribution >= 4 is 29.3 Å². The smallest absolute Gasteiger partial charge is 0.251 e. The van der Waals surface area contributed by atoms with Crippen LogP contribution in [0.5, 0.6) is 0 Å². The number of nitrogens with two attached hydrogens (primary N) is 1. The Morgan fingerprint density at radius 1 is 1.38 bits per heavy atom. The molecule has 2 aromatic heterocycles. The molecule has 0 amide bonds. The normalized spacial score (nSPS) is 10.3. The van der Waals surface area contributed by atoms with Gasteiger partial charge in [0, 0.05) is 12.3 Å². The SMILES string of the molecule is Nc1nc(Cl)nc(Sc2nccc(=O)[nH]2)n1. The lowest BCUT2D eigenvalue weighted by Crippen LogP contribution is -2.06. The molecule has 0 fully saturated rings. The molecule has 82 valence electrons. The van der Waals surface area contributed by atoms with Gasteiger partial charge in [0.05, 0.1) is 0 Å². The second-order valence-corrected chi connectivity index (χ2v) is 3.88. The zero-order chi connectivity index (χ0) is 11.5. The van der Waals surface area contributed by atoms with Crippen LogP contribution in [0.3, 0.4) is 0 Å². The summed E-state index contributed by atoms with van der Waals surface area (Å²) in [5.74, 6) is 0.0146. The van der Waals surface area contributed by atoms with Crippen molar-refractivity contribution in [3.63, 3.8) is 0 Å². The van der Waals surface area contributed by atoms with Gasteiger partial charge in [-0.05, 0) is 23.4 Å². The minimum Gasteiger partial charge on any atom is -0.368 e. The highest BCUT2D eigenvalue weighted by atomic mass is 35.5. The van der Waals surface area contributed by atoms with E-state index in [2.05, 4.69) is 24.9 Å². The highest BCUT2D eigenvalue weighted by Gasteiger charge is 2.06. The van der Waals surface area contributed by atoms with Crippen LogP contribution in [0.25, 0.3) is 0 Å². The van der Waals surface area contributed by atoms with Crippen molar-refractivity contribution in [2.45, 2.75) is 10.3 Å².